The first kappa shape index (κ1) is 22.8. The van der Waals surface area contributed by atoms with Crippen LogP contribution in [0.4, 0.5) is 0 Å². The predicted molar refractivity (Wildman–Crippen MR) is 118 cm³/mol. The lowest BCUT2D eigenvalue weighted by Gasteiger charge is -2.34. The Hall–Kier alpha value is -2.83. The van der Waals surface area contributed by atoms with E-state index in [1.165, 1.54) is 0 Å². The SMILES string of the molecule is COCCOC(=O)C1=C(C)N(Cc2ccc(OC)cc2)C(=O)CC1c1ccc(Cl)cc1. The number of carbonyl (C=O) groups excluding carboxylic acids is 2. The van der Waals surface area contributed by atoms with E-state index in [0.717, 1.165) is 16.9 Å². The number of ether oxygens (including phenoxy) is 3. The van der Waals surface area contributed by atoms with Crippen molar-refractivity contribution < 1.29 is 23.8 Å². The van der Waals surface area contributed by atoms with Crippen molar-refractivity contribution in [3.63, 3.8) is 0 Å². The predicted octanol–water partition coefficient (Wildman–Crippen LogP) is 4.33. The number of benzene rings is 2. The van der Waals surface area contributed by atoms with Crippen molar-refractivity contribution >= 4 is 23.5 Å². The number of allylic oxidation sites excluding steroid dienone is 1. The lowest BCUT2D eigenvalue weighted by atomic mass is 9.83. The minimum absolute atomic E-state index is 0.0540. The minimum atomic E-state index is -0.443. The van der Waals surface area contributed by atoms with Crippen molar-refractivity contribution in [2.24, 2.45) is 0 Å². The summed E-state index contributed by atoms with van der Waals surface area (Å²) in [5.41, 5.74) is 2.85. The van der Waals surface area contributed by atoms with Gasteiger partial charge in [0.25, 0.3) is 0 Å². The molecule has 0 radical (unpaired) electrons. The molecule has 0 aromatic heterocycles. The number of amides is 1. The third-order valence-corrected chi connectivity index (χ3v) is 5.59. The highest BCUT2D eigenvalue weighted by Gasteiger charge is 2.36. The third kappa shape index (κ3) is 5.46. The normalized spacial score (nSPS) is 16.5. The summed E-state index contributed by atoms with van der Waals surface area (Å²) in [7, 11) is 3.15. The zero-order valence-corrected chi connectivity index (χ0v) is 18.6. The van der Waals surface area contributed by atoms with Crippen molar-refractivity contribution in [1.82, 2.24) is 4.90 Å². The molecule has 7 heteroatoms. The van der Waals surface area contributed by atoms with Crippen LogP contribution in [0.5, 0.6) is 5.75 Å². The molecule has 6 nitrogen and oxygen atoms in total. The Balaban J connectivity index is 1.95. The number of hydrogen-bond acceptors (Lipinski definition) is 5. The Morgan fingerprint density at radius 2 is 1.74 bits per heavy atom. The van der Waals surface area contributed by atoms with E-state index >= 15 is 0 Å². The first-order chi connectivity index (χ1) is 14.9. The zero-order chi connectivity index (χ0) is 22.4. The summed E-state index contributed by atoms with van der Waals surface area (Å²) in [6, 6.07) is 14.7. The van der Waals surface area contributed by atoms with Gasteiger partial charge in [0.15, 0.2) is 0 Å². The van der Waals surface area contributed by atoms with Gasteiger partial charge in [-0.2, -0.15) is 0 Å². The van der Waals surface area contributed by atoms with Gasteiger partial charge < -0.3 is 19.1 Å². The molecule has 0 fully saturated rings. The monoisotopic (exact) mass is 443 g/mol. The van der Waals surface area contributed by atoms with Crippen molar-refractivity contribution in [2.75, 3.05) is 27.4 Å². The molecule has 0 N–H and O–H groups in total. The lowest BCUT2D eigenvalue weighted by molar-refractivity contribution is -0.141. The molecule has 2 aromatic rings. The quantitative estimate of drug-likeness (QED) is 0.449. The highest BCUT2D eigenvalue weighted by molar-refractivity contribution is 6.30. The smallest absolute Gasteiger partial charge is 0.336 e. The van der Waals surface area contributed by atoms with Crippen molar-refractivity contribution in [1.29, 1.82) is 0 Å². The highest BCUT2D eigenvalue weighted by Crippen LogP contribution is 2.38. The molecular weight excluding hydrogens is 418 g/mol. The van der Waals surface area contributed by atoms with E-state index < -0.39 is 11.9 Å². The molecule has 0 aliphatic carbocycles. The average molecular weight is 444 g/mol. The van der Waals surface area contributed by atoms with E-state index in [1.807, 2.05) is 36.4 Å². The molecule has 0 spiro atoms. The molecule has 164 valence electrons. The van der Waals surface area contributed by atoms with Crippen LogP contribution in [-0.4, -0.2) is 44.2 Å². The molecular formula is C24H26ClNO5. The van der Waals surface area contributed by atoms with Crippen LogP contribution in [0.15, 0.2) is 59.8 Å². The van der Waals surface area contributed by atoms with E-state index in [2.05, 4.69) is 0 Å². The molecule has 1 aliphatic heterocycles. The summed E-state index contributed by atoms with van der Waals surface area (Å²) in [5, 5.41) is 0.594. The topological polar surface area (TPSA) is 65.1 Å². The van der Waals surface area contributed by atoms with Gasteiger partial charge in [-0.25, -0.2) is 4.79 Å². The van der Waals surface area contributed by atoms with Crippen molar-refractivity contribution in [3.05, 3.63) is 76.0 Å². The van der Waals surface area contributed by atoms with Crippen LogP contribution >= 0.6 is 11.6 Å². The van der Waals surface area contributed by atoms with E-state index in [1.54, 1.807) is 38.2 Å². The second kappa shape index (κ2) is 10.5. The number of esters is 1. The van der Waals surface area contributed by atoms with Gasteiger partial charge in [-0.15, -0.1) is 0 Å². The number of hydrogen-bond donors (Lipinski definition) is 0. The van der Waals surface area contributed by atoms with Gasteiger partial charge in [0.2, 0.25) is 5.91 Å². The van der Waals surface area contributed by atoms with Crippen molar-refractivity contribution in [3.8, 4) is 5.75 Å². The first-order valence-electron chi connectivity index (χ1n) is 10.00. The molecule has 31 heavy (non-hydrogen) atoms. The summed E-state index contributed by atoms with van der Waals surface area (Å²) in [4.78, 5) is 27.7. The largest absolute Gasteiger partial charge is 0.497 e. The molecule has 3 rings (SSSR count). The molecule has 0 saturated heterocycles. The van der Waals surface area contributed by atoms with E-state index in [4.69, 9.17) is 25.8 Å². The van der Waals surface area contributed by atoms with Gasteiger partial charge in [-0.1, -0.05) is 35.9 Å². The molecule has 0 saturated carbocycles. The second-order valence-corrected chi connectivity index (χ2v) is 7.70. The van der Waals surface area contributed by atoms with Gasteiger partial charge in [0, 0.05) is 30.2 Å². The third-order valence-electron chi connectivity index (χ3n) is 5.34. The number of nitrogens with zero attached hydrogens (tertiary/aromatic N) is 1. The Labute approximate surface area is 187 Å². The lowest BCUT2D eigenvalue weighted by Crippen LogP contribution is -2.38. The Morgan fingerprint density at radius 1 is 1.06 bits per heavy atom. The summed E-state index contributed by atoms with van der Waals surface area (Å²) in [6.07, 6.45) is 0.170. The summed E-state index contributed by atoms with van der Waals surface area (Å²) in [5.74, 6) is -0.151. The maximum absolute atomic E-state index is 13.1. The molecule has 2 aromatic carbocycles. The Bertz CT molecular complexity index is 953. The highest BCUT2D eigenvalue weighted by atomic mass is 35.5. The van der Waals surface area contributed by atoms with Crippen LogP contribution < -0.4 is 4.74 Å². The van der Waals surface area contributed by atoms with Crippen LogP contribution in [0.25, 0.3) is 0 Å². The first-order valence-corrected chi connectivity index (χ1v) is 10.4. The fourth-order valence-corrected chi connectivity index (χ4v) is 3.78. The molecule has 1 unspecified atom stereocenters. The van der Waals surface area contributed by atoms with Gasteiger partial charge in [-0.3, -0.25) is 4.79 Å². The molecule has 1 atom stereocenters. The number of rotatable bonds is 8. The van der Waals surface area contributed by atoms with Gasteiger partial charge in [-0.05, 0) is 42.3 Å². The van der Waals surface area contributed by atoms with Gasteiger partial charge in [0.05, 0.1) is 25.8 Å². The molecule has 1 aliphatic rings. The summed E-state index contributed by atoms with van der Waals surface area (Å²) in [6.45, 7) is 2.59. The van der Waals surface area contributed by atoms with E-state index in [9.17, 15) is 9.59 Å². The standard InChI is InChI=1S/C24H26ClNO5/c1-16-23(24(28)31-13-12-29-2)21(18-6-8-19(25)9-7-18)14-22(27)26(16)15-17-4-10-20(30-3)11-5-17/h4-11,21H,12-15H2,1-3H3. The Kier molecular flexibility index (Phi) is 7.71. The zero-order valence-electron chi connectivity index (χ0n) is 17.9. The Morgan fingerprint density at radius 3 is 2.35 bits per heavy atom. The summed E-state index contributed by atoms with van der Waals surface area (Å²) < 4.78 is 15.6. The van der Waals surface area contributed by atoms with Crippen LogP contribution in [0.1, 0.15) is 30.4 Å². The molecule has 1 amide bonds. The molecule has 1 heterocycles. The fraction of sp³-hybridized carbons (Fsp3) is 0.333. The second-order valence-electron chi connectivity index (χ2n) is 7.26. The number of halogens is 1. The van der Waals surface area contributed by atoms with Crippen molar-refractivity contribution in [2.45, 2.75) is 25.8 Å². The van der Waals surface area contributed by atoms with Crippen LogP contribution in [-0.2, 0) is 25.6 Å². The number of carbonyl (C=O) groups is 2. The van der Waals surface area contributed by atoms with Crippen LogP contribution in [0.3, 0.4) is 0 Å². The van der Waals surface area contributed by atoms with Gasteiger partial charge >= 0.3 is 5.97 Å². The fourth-order valence-electron chi connectivity index (χ4n) is 3.66. The molecule has 0 bridgehead atoms. The van der Waals surface area contributed by atoms with Crippen LogP contribution in [0, 0.1) is 0 Å². The maximum Gasteiger partial charge on any atom is 0.336 e. The minimum Gasteiger partial charge on any atom is -0.497 e. The van der Waals surface area contributed by atoms with Gasteiger partial charge in [0.1, 0.15) is 12.4 Å². The average Bonchev–Trinajstić information content (AvgIpc) is 2.77. The van der Waals surface area contributed by atoms with E-state index in [0.29, 0.717) is 29.4 Å². The van der Waals surface area contributed by atoms with E-state index in [-0.39, 0.29) is 18.9 Å². The van der Waals surface area contributed by atoms with Crippen LogP contribution in [0.2, 0.25) is 5.02 Å². The number of methoxy groups -OCH3 is 2. The maximum atomic E-state index is 13.1. The summed E-state index contributed by atoms with van der Waals surface area (Å²) >= 11 is 6.02.